The molecule has 0 bridgehead atoms. The minimum atomic E-state index is -3.02. The number of methoxy groups -OCH3 is 1. The molecular weight excluding hydrogens is 298 g/mol. The molecule has 118 valence electrons. The Balaban J connectivity index is 2.51. The topological polar surface area (TPSA) is 76.7 Å². The summed E-state index contributed by atoms with van der Waals surface area (Å²) in [6, 6.07) is 4.42. The number of rotatable bonds is 4. The number of allylic oxidation sites excluding steroid dienone is 1. The summed E-state index contributed by atoms with van der Waals surface area (Å²) in [5.74, 6) is -0.805. The van der Waals surface area contributed by atoms with Crippen LogP contribution >= 0.6 is 0 Å². The molecule has 8 heteroatoms. The molecule has 1 heterocycles. The number of para-hydroxylation sites is 1. The monoisotopic (exact) mass is 312 g/mol. The number of carbonyl (C=O) groups is 2. The molecule has 0 saturated carbocycles. The van der Waals surface area contributed by atoms with E-state index in [2.05, 4.69) is 15.4 Å². The van der Waals surface area contributed by atoms with Crippen molar-refractivity contribution in [2.24, 2.45) is 0 Å². The predicted octanol–water partition coefficient (Wildman–Crippen LogP) is 2.09. The number of hydrogen-bond donors (Lipinski definition) is 2. The zero-order valence-corrected chi connectivity index (χ0v) is 11.9. The van der Waals surface area contributed by atoms with Gasteiger partial charge in [0.15, 0.2) is 0 Å². The molecular formula is C14H14F2N2O4. The number of carbonyl (C=O) groups excluding carboxylic acids is 2. The Kier molecular flexibility index (Phi) is 4.59. The first-order valence-electron chi connectivity index (χ1n) is 6.34. The molecule has 0 aliphatic carbocycles. The fraction of sp³-hybridized carbons (Fsp3) is 0.286. The van der Waals surface area contributed by atoms with Crippen LogP contribution in [0, 0.1) is 0 Å². The van der Waals surface area contributed by atoms with Crippen molar-refractivity contribution < 1.29 is 27.8 Å². The number of alkyl halides is 2. The molecule has 2 amide bonds. The molecule has 1 aliphatic heterocycles. The first kappa shape index (κ1) is 15.7. The van der Waals surface area contributed by atoms with Gasteiger partial charge in [0.25, 0.3) is 0 Å². The van der Waals surface area contributed by atoms with Crippen LogP contribution in [0.25, 0.3) is 0 Å². The Morgan fingerprint density at radius 3 is 2.64 bits per heavy atom. The van der Waals surface area contributed by atoms with E-state index < -0.39 is 24.7 Å². The second-order valence-corrected chi connectivity index (χ2v) is 4.48. The van der Waals surface area contributed by atoms with Gasteiger partial charge in [0, 0.05) is 11.3 Å². The third-order valence-electron chi connectivity index (χ3n) is 3.12. The number of esters is 1. The van der Waals surface area contributed by atoms with Gasteiger partial charge >= 0.3 is 18.6 Å². The van der Waals surface area contributed by atoms with E-state index in [1.165, 1.54) is 32.2 Å². The molecule has 1 atom stereocenters. The number of ether oxygens (including phenoxy) is 2. The van der Waals surface area contributed by atoms with E-state index in [1.807, 2.05) is 0 Å². The number of hydrogen-bond acceptors (Lipinski definition) is 4. The number of benzene rings is 1. The molecule has 2 N–H and O–H groups in total. The van der Waals surface area contributed by atoms with Gasteiger partial charge < -0.3 is 20.1 Å². The average molecular weight is 312 g/mol. The van der Waals surface area contributed by atoms with E-state index in [-0.39, 0.29) is 22.6 Å². The smallest absolute Gasteiger partial charge is 0.387 e. The van der Waals surface area contributed by atoms with Gasteiger partial charge in [-0.15, -0.1) is 0 Å². The van der Waals surface area contributed by atoms with Gasteiger partial charge in [-0.1, -0.05) is 18.2 Å². The largest absolute Gasteiger partial charge is 0.466 e. The molecule has 1 aromatic carbocycles. The van der Waals surface area contributed by atoms with Crippen molar-refractivity contribution in [2.75, 3.05) is 7.11 Å². The minimum Gasteiger partial charge on any atom is -0.466 e. The fourth-order valence-corrected chi connectivity index (χ4v) is 2.23. The van der Waals surface area contributed by atoms with Crippen LogP contribution in [0.4, 0.5) is 13.6 Å². The summed E-state index contributed by atoms with van der Waals surface area (Å²) in [6.07, 6.45) is 0. The number of nitrogens with one attached hydrogen (secondary N) is 2. The lowest BCUT2D eigenvalue weighted by molar-refractivity contribution is -0.136. The van der Waals surface area contributed by atoms with Crippen molar-refractivity contribution in [1.82, 2.24) is 10.6 Å². The van der Waals surface area contributed by atoms with Crippen molar-refractivity contribution in [3.05, 3.63) is 41.1 Å². The number of urea groups is 1. The van der Waals surface area contributed by atoms with E-state index in [0.717, 1.165) is 0 Å². The highest BCUT2D eigenvalue weighted by atomic mass is 19.3. The maximum Gasteiger partial charge on any atom is 0.387 e. The second-order valence-electron chi connectivity index (χ2n) is 4.48. The first-order chi connectivity index (χ1) is 10.4. The summed E-state index contributed by atoms with van der Waals surface area (Å²) in [4.78, 5) is 23.6. The molecule has 0 unspecified atom stereocenters. The minimum absolute atomic E-state index is 0.118. The van der Waals surface area contributed by atoms with Crippen LogP contribution in [0.5, 0.6) is 5.75 Å². The van der Waals surface area contributed by atoms with Crippen LogP contribution in [-0.4, -0.2) is 25.7 Å². The number of amides is 2. The third-order valence-corrected chi connectivity index (χ3v) is 3.12. The van der Waals surface area contributed by atoms with Gasteiger partial charge in [0.2, 0.25) is 0 Å². The highest BCUT2D eigenvalue weighted by Crippen LogP contribution is 2.34. The van der Waals surface area contributed by atoms with Gasteiger partial charge in [-0.25, -0.2) is 9.59 Å². The summed E-state index contributed by atoms with van der Waals surface area (Å²) >= 11 is 0. The Labute approximate surface area is 125 Å². The van der Waals surface area contributed by atoms with Crippen molar-refractivity contribution >= 4 is 12.0 Å². The fourth-order valence-electron chi connectivity index (χ4n) is 2.23. The Bertz CT molecular complexity index is 631. The second kappa shape index (κ2) is 6.42. The summed E-state index contributed by atoms with van der Waals surface area (Å²) < 4.78 is 34.2. The van der Waals surface area contributed by atoms with E-state index in [1.54, 1.807) is 6.07 Å². The van der Waals surface area contributed by atoms with Crippen molar-refractivity contribution in [1.29, 1.82) is 0 Å². The molecule has 0 saturated heterocycles. The maximum absolute atomic E-state index is 12.5. The Morgan fingerprint density at radius 1 is 1.32 bits per heavy atom. The summed E-state index contributed by atoms with van der Waals surface area (Å²) in [5, 5.41) is 4.95. The van der Waals surface area contributed by atoms with E-state index in [4.69, 9.17) is 4.74 Å². The van der Waals surface area contributed by atoms with E-state index in [9.17, 15) is 18.4 Å². The molecule has 1 aromatic rings. The molecule has 0 spiro atoms. The van der Waals surface area contributed by atoms with Crippen molar-refractivity contribution in [3.63, 3.8) is 0 Å². The first-order valence-corrected chi connectivity index (χ1v) is 6.34. The third kappa shape index (κ3) is 3.16. The zero-order chi connectivity index (χ0) is 16.3. The quantitative estimate of drug-likeness (QED) is 0.835. The standard InChI is InChI=1S/C14H14F2N2O4/c1-7-10(12(19)21-2)11(18-14(20)17-7)8-5-3-4-6-9(8)22-13(15)16/h3-6,11,13H,1-2H3,(H2,17,18,20)/t11-/m1/s1. The van der Waals surface area contributed by atoms with Crippen LogP contribution < -0.4 is 15.4 Å². The SMILES string of the molecule is COC(=O)C1=C(C)NC(=O)N[C@@H]1c1ccccc1OC(F)F. The maximum atomic E-state index is 12.5. The lowest BCUT2D eigenvalue weighted by Crippen LogP contribution is -2.45. The summed E-state index contributed by atoms with van der Waals surface area (Å²) in [6.45, 7) is -1.50. The van der Waals surface area contributed by atoms with Crippen LogP contribution in [-0.2, 0) is 9.53 Å². The molecule has 22 heavy (non-hydrogen) atoms. The van der Waals surface area contributed by atoms with Gasteiger partial charge in [0.1, 0.15) is 5.75 Å². The molecule has 0 radical (unpaired) electrons. The van der Waals surface area contributed by atoms with Gasteiger partial charge in [-0.3, -0.25) is 0 Å². The molecule has 2 rings (SSSR count). The molecule has 0 fully saturated rings. The van der Waals surface area contributed by atoms with Crippen molar-refractivity contribution in [3.8, 4) is 5.75 Å². The zero-order valence-electron chi connectivity index (χ0n) is 11.9. The van der Waals surface area contributed by atoms with Gasteiger partial charge in [-0.05, 0) is 13.0 Å². The predicted molar refractivity (Wildman–Crippen MR) is 72.2 cm³/mol. The average Bonchev–Trinajstić information content (AvgIpc) is 2.45. The van der Waals surface area contributed by atoms with Crippen molar-refractivity contribution in [2.45, 2.75) is 19.6 Å². The van der Waals surface area contributed by atoms with Gasteiger partial charge in [-0.2, -0.15) is 8.78 Å². The van der Waals surface area contributed by atoms with Gasteiger partial charge in [0.05, 0.1) is 18.7 Å². The Hall–Kier alpha value is -2.64. The normalized spacial score (nSPS) is 17.9. The highest BCUT2D eigenvalue weighted by molar-refractivity contribution is 5.95. The Morgan fingerprint density at radius 2 is 2.00 bits per heavy atom. The summed E-state index contributed by atoms with van der Waals surface area (Å²) in [7, 11) is 1.19. The van der Waals surface area contributed by atoms with Crippen LogP contribution in [0.1, 0.15) is 18.5 Å². The molecule has 6 nitrogen and oxygen atoms in total. The lowest BCUT2D eigenvalue weighted by atomic mass is 9.95. The molecule has 1 aliphatic rings. The van der Waals surface area contributed by atoms with E-state index in [0.29, 0.717) is 0 Å². The van der Waals surface area contributed by atoms with E-state index >= 15 is 0 Å². The van der Waals surface area contributed by atoms with Crippen LogP contribution in [0.2, 0.25) is 0 Å². The molecule has 0 aromatic heterocycles. The lowest BCUT2D eigenvalue weighted by Gasteiger charge is -2.28. The number of halogens is 2. The van der Waals surface area contributed by atoms with Crippen LogP contribution in [0.3, 0.4) is 0 Å². The highest BCUT2D eigenvalue weighted by Gasteiger charge is 2.33. The van der Waals surface area contributed by atoms with Crippen LogP contribution in [0.15, 0.2) is 35.5 Å². The summed E-state index contributed by atoms with van der Waals surface area (Å²) in [5.41, 5.74) is 0.636.